The Kier molecular flexibility index (Phi) is 7.10. The van der Waals surface area contributed by atoms with Crippen molar-refractivity contribution in [3.63, 3.8) is 0 Å². The number of rotatable bonds is 8. The lowest BCUT2D eigenvalue weighted by Crippen LogP contribution is -2.33. The van der Waals surface area contributed by atoms with Gasteiger partial charge in [0.15, 0.2) is 11.5 Å². The van der Waals surface area contributed by atoms with Gasteiger partial charge in [-0.3, -0.25) is 14.9 Å². The summed E-state index contributed by atoms with van der Waals surface area (Å²) < 4.78 is 20.0. The first-order valence-electron chi connectivity index (χ1n) is 8.35. The Morgan fingerprint density at radius 2 is 1.72 bits per heavy atom. The Bertz CT molecular complexity index is 928. The van der Waals surface area contributed by atoms with Crippen LogP contribution < -0.4 is 15.2 Å². The molecule has 2 rings (SSSR count). The lowest BCUT2D eigenvalue weighted by atomic mass is 10.1. The van der Waals surface area contributed by atoms with Gasteiger partial charge >= 0.3 is 17.6 Å². The summed E-state index contributed by atoms with van der Waals surface area (Å²) in [6.07, 6.45) is 0.0605. The van der Waals surface area contributed by atoms with Crippen molar-refractivity contribution >= 4 is 17.6 Å². The van der Waals surface area contributed by atoms with Crippen molar-refractivity contribution in [2.75, 3.05) is 21.3 Å². The van der Waals surface area contributed by atoms with E-state index >= 15 is 0 Å². The standard InChI is InChI=1S/C19H20N2O8/c1-26-17-10-12(18(22)27-2)5-7-16(17)29-15-6-4-11(9-14(15)21(24)25)8-13(20)19(23)28-3/h4-7,9-10,13H,8,20H2,1-3H3. The zero-order valence-corrected chi connectivity index (χ0v) is 16.0. The molecule has 29 heavy (non-hydrogen) atoms. The van der Waals surface area contributed by atoms with E-state index in [9.17, 15) is 19.7 Å². The van der Waals surface area contributed by atoms with Crippen molar-refractivity contribution in [2.45, 2.75) is 12.5 Å². The molecule has 1 atom stereocenters. The van der Waals surface area contributed by atoms with E-state index in [1.165, 1.54) is 51.7 Å². The maximum atomic E-state index is 11.6. The van der Waals surface area contributed by atoms with Crippen LogP contribution in [0.1, 0.15) is 15.9 Å². The normalized spacial score (nSPS) is 11.3. The van der Waals surface area contributed by atoms with Gasteiger partial charge in [-0.2, -0.15) is 0 Å². The van der Waals surface area contributed by atoms with E-state index in [1.54, 1.807) is 6.07 Å². The Hall–Kier alpha value is -3.66. The van der Waals surface area contributed by atoms with Gasteiger partial charge in [0.1, 0.15) is 6.04 Å². The van der Waals surface area contributed by atoms with Gasteiger partial charge in [-0.05, 0) is 36.2 Å². The summed E-state index contributed by atoms with van der Waals surface area (Å²) in [4.78, 5) is 34.0. The SMILES string of the molecule is COC(=O)c1ccc(Oc2ccc(CC(N)C(=O)OC)cc2[N+](=O)[O-])c(OC)c1. The van der Waals surface area contributed by atoms with Crippen molar-refractivity contribution in [2.24, 2.45) is 5.73 Å². The highest BCUT2D eigenvalue weighted by atomic mass is 16.6. The number of benzene rings is 2. The van der Waals surface area contributed by atoms with Crippen LogP contribution in [0.3, 0.4) is 0 Å². The van der Waals surface area contributed by atoms with Gasteiger partial charge in [-0.1, -0.05) is 6.07 Å². The fourth-order valence-electron chi connectivity index (χ4n) is 2.52. The molecule has 10 nitrogen and oxygen atoms in total. The summed E-state index contributed by atoms with van der Waals surface area (Å²) in [7, 11) is 3.83. The van der Waals surface area contributed by atoms with Gasteiger partial charge in [0.2, 0.25) is 5.75 Å². The number of nitrogens with zero attached hydrogens (tertiary/aromatic N) is 1. The fraction of sp³-hybridized carbons (Fsp3) is 0.263. The van der Waals surface area contributed by atoms with Crippen LogP contribution in [0.4, 0.5) is 5.69 Å². The van der Waals surface area contributed by atoms with E-state index in [1.807, 2.05) is 0 Å². The summed E-state index contributed by atoms with van der Waals surface area (Å²) in [6.45, 7) is 0. The molecule has 0 aliphatic heterocycles. The Labute approximate surface area is 166 Å². The van der Waals surface area contributed by atoms with Gasteiger partial charge in [0, 0.05) is 6.07 Å². The lowest BCUT2D eigenvalue weighted by molar-refractivity contribution is -0.385. The van der Waals surface area contributed by atoms with Crippen molar-refractivity contribution < 1.29 is 33.5 Å². The van der Waals surface area contributed by atoms with Crippen LogP contribution in [0, 0.1) is 10.1 Å². The molecule has 0 spiro atoms. The van der Waals surface area contributed by atoms with Gasteiger partial charge in [0.05, 0.1) is 31.8 Å². The van der Waals surface area contributed by atoms with Crippen LogP contribution in [0.5, 0.6) is 17.2 Å². The Morgan fingerprint density at radius 1 is 1.03 bits per heavy atom. The molecule has 0 saturated heterocycles. The molecule has 2 aromatic carbocycles. The number of nitro groups is 1. The van der Waals surface area contributed by atoms with Crippen molar-refractivity contribution in [1.82, 2.24) is 0 Å². The van der Waals surface area contributed by atoms with Crippen LogP contribution in [0.2, 0.25) is 0 Å². The summed E-state index contributed by atoms with van der Waals surface area (Å²) in [5, 5.41) is 11.5. The number of esters is 2. The molecule has 0 heterocycles. The molecule has 10 heteroatoms. The van der Waals surface area contributed by atoms with Crippen LogP contribution in [0.15, 0.2) is 36.4 Å². The molecule has 0 fully saturated rings. The second-order valence-electron chi connectivity index (χ2n) is 5.85. The highest BCUT2D eigenvalue weighted by molar-refractivity contribution is 5.90. The van der Waals surface area contributed by atoms with E-state index in [0.29, 0.717) is 5.56 Å². The quantitative estimate of drug-likeness (QED) is 0.398. The molecule has 0 saturated carbocycles. The fourth-order valence-corrected chi connectivity index (χ4v) is 2.52. The van der Waals surface area contributed by atoms with Gasteiger partial charge in [0.25, 0.3) is 0 Å². The molecule has 0 amide bonds. The molecular formula is C19H20N2O8. The third-order valence-corrected chi connectivity index (χ3v) is 3.98. The topological polar surface area (TPSA) is 140 Å². The molecular weight excluding hydrogens is 384 g/mol. The predicted octanol–water partition coefficient (Wildman–Crippen LogP) is 2.23. The minimum atomic E-state index is -0.947. The lowest BCUT2D eigenvalue weighted by Gasteiger charge is -2.13. The van der Waals surface area contributed by atoms with Crippen molar-refractivity contribution in [1.29, 1.82) is 0 Å². The number of nitrogens with two attached hydrogens (primary N) is 1. The minimum Gasteiger partial charge on any atom is -0.493 e. The molecule has 0 bridgehead atoms. The smallest absolute Gasteiger partial charge is 0.337 e. The molecule has 2 aromatic rings. The van der Waals surface area contributed by atoms with E-state index < -0.39 is 22.9 Å². The van der Waals surface area contributed by atoms with Crippen LogP contribution >= 0.6 is 0 Å². The summed E-state index contributed by atoms with van der Waals surface area (Å²) >= 11 is 0. The minimum absolute atomic E-state index is 0.0468. The van der Waals surface area contributed by atoms with E-state index in [-0.39, 0.29) is 34.9 Å². The van der Waals surface area contributed by atoms with Crippen molar-refractivity contribution in [3.8, 4) is 17.2 Å². The van der Waals surface area contributed by atoms with Crippen LogP contribution in [0.25, 0.3) is 0 Å². The van der Waals surface area contributed by atoms with E-state index in [0.717, 1.165) is 0 Å². The monoisotopic (exact) mass is 404 g/mol. The van der Waals surface area contributed by atoms with E-state index in [2.05, 4.69) is 9.47 Å². The number of hydrogen-bond donors (Lipinski definition) is 1. The van der Waals surface area contributed by atoms with Crippen LogP contribution in [-0.4, -0.2) is 44.2 Å². The largest absolute Gasteiger partial charge is 0.493 e. The molecule has 2 N–H and O–H groups in total. The van der Waals surface area contributed by atoms with Gasteiger partial charge in [-0.15, -0.1) is 0 Å². The second-order valence-corrected chi connectivity index (χ2v) is 5.85. The van der Waals surface area contributed by atoms with E-state index in [4.69, 9.17) is 15.2 Å². The molecule has 0 aromatic heterocycles. The third kappa shape index (κ3) is 5.20. The average Bonchev–Trinajstić information content (AvgIpc) is 2.73. The molecule has 0 aliphatic carbocycles. The van der Waals surface area contributed by atoms with Crippen molar-refractivity contribution in [3.05, 3.63) is 57.6 Å². The Balaban J connectivity index is 2.34. The van der Waals surface area contributed by atoms with Gasteiger partial charge in [-0.25, -0.2) is 4.79 Å². The highest BCUT2D eigenvalue weighted by Crippen LogP contribution is 2.37. The maximum Gasteiger partial charge on any atom is 0.337 e. The number of carbonyl (C=O) groups excluding carboxylic acids is 2. The molecule has 0 radical (unpaired) electrons. The number of ether oxygens (including phenoxy) is 4. The first-order valence-corrected chi connectivity index (χ1v) is 8.35. The summed E-state index contributed by atoms with van der Waals surface area (Å²) in [5.74, 6) is -0.869. The molecule has 1 unspecified atom stereocenters. The zero-order valence-electron chi connectivity index (χ0n) is 16.0. The number of hydrogen-bond acceptors (Lipinski definition) is 9. The van der Waals surface area contributed by atoms with Gasteiger partial charge < -0.3 is 24.7 Å². The highest BCUT2D eigenvalue weighted by Gasteiger charge is 2.21. The second kappa shape index (κ2) is 9.51. The predicted molar refractivity (Wildman–Crippen MR) is 101 cm³/mol. The zero-order chi connectivity index (χ0) is 21.6. The summed E-state index contributed by atoms with van der Waals surface area (Å²) in [5.41, 5.74) is 6.09. The summed E-state index contributed by atoms with van der Waals surface area (Å²) in [6, 6.07) is 7.56. The number of methoxy groups -OCH3 is 3. The first kappa shape index (κ1) is 21.6. The Morgan fingerprint density at radius 3 is 2.31 bits per heavy atom. The number of nitro benzene ring substituents is 1. The molecule has 154 valence electrons. The molecule has 0 aliphatic rings. The average molecular weight is 404 g/mol. The van der Waals surface area contributed by atoms with Crippen LogP contribution in [-0.2, 0) is 20.7 Å². The maximum absolute atomic E-state index is 11.6. The third-order valence-electron chi connectivity index (χ3n) is 3.98. The first-order chi connectivity index (χ1) is 13.8. The number of carbonyl (C=O) groups is 2.